The normalized spacial score (nSPS) is 11.1. The number of nitrogens with one attached hydrogen (secondary N) is 2. The third kappa shape index (κ3) is 8.66. The molecule has 0 aromatic heterocycles. The third-order valence-electron chi connectivity index (χ3n) is 6.24. The van der Waals surface area contributed by atoms with Gasteiger partial charge in [0.05, 0.1) is 23.9 Å². The summed E-state index contributed by atoms with van der Waals surface area (Å²) in [5, 5.41) is 6.74. The fourth-order valence-electron chi connectivity index (χ4n) is 3.88. The molecule has 2 N–H and O–H groups in total. The maximum Gasteiger partial charge on any atom is 0.264 e. The first-order chi connectivity index (χ1) is 20.6. The van der Waals surface area contributed by atoms with E-state index in [2.05, 4.69) is 15.8 Å². The smallest absolute Gasteiger partial charge is 0.264 e. The molecular weight excluding hydrogens is 568 g/mol. The highest BCUT2D eigenvalue weighted by molar-refractivity contribution is 7.92. The lowest BCUT2D eigenvalue weighted by molar-refractivity contribution is -0.119. The molecule has 10 nitrogen and oxygen atoms in total. The predicted molar refractivity (Wildman–Crippen MR) is 166 cm³/mol. The Bertz CT molecular complexity index is 1670. The van der Waals surface area contributed by atoms with Crippen LogP contribution >= 0.6 is 0 Å². The van der Waals surface area contributed by atoms with Crippen molar-refractivity contribution < 1.29 is 27.5 Å². The van der Waals surface area contributed by atoms with E-state index < -0.39 is 22.5 Å². The standard InChI is InChI=1S/C32H32N4O6S/c1-23-4-10-26(11-5-23)34-32(38)22-42-29-14-8-25(9-15-29)20-33-35-31(37)21-36(27-12-6-24(2)7-13-27)43(39,40)30-18-16-28(41-3)17-19-30/h4-20H,21-22H2,1-3H3,(H,34,38)(H,35,37)/b33-20+. The number of hydrogen-bond acceptors (Lipinski definition) is 7. The first-order valence-corrected chi connectivity index (χ1v) is 14.7. The van der Waals surface area contributed by atoms with Gasteiger partial charge in [0.15, 0.2) is 6.61 Å². The molecule has 4 rings (SSSR count). The van der Waals surface area contributed by atoms with Crippen LogP contribution in [0.5, 0.6) is 11.5 Å². The Kier molecular flexibility index (Phi) is 10.1. The lowest BCUT2D eigenvalue weighted by atomic mass is 10.2. The van der Waals surface area contributed by atoms with Crippen LogP contribution in [0.25, 0.3) is 0 Å². The molecule has 43 heavy (non-hydrogen) atoms. The van der Waals surface area contributed by atoms with E-state index in [4.69, 9.17) is 9.47 Å². The SMILES string of the molecule is COc1ccc(S(=O)(=O)N(CC(=O)N/N=C/c2ccc(OCC(=O)Nc3ccc(C)cc3)cc2)c2ccc(C)cc2)cc1. The lowest BCUT2D eigenvalue weighted by Gasteiger charge is -2.24. The second-order valence-electron chi connectivity index (χ2n) is 9.59. The predicted octanol–water partition coefficient (Wildman–Crippen LogP) is 4.68. The maximum absolute atomic E-state index is 13.5. The second-order valence-corrected chi connectivity index (χ2v) is 11.5. The number of rotatable bonds is 12. The number of amides is 2. The molecule has 4 aromatic carbocycles. The highest BCUT2D eigenvalue weighted by Crippen LogP contribution is 2.25. The van der Waals surface area contributed by atoms with Crippen molar-refractivity contribution in [3.8, 4) is 11.5 Å². The summed E-state index contributed by atoms with van der Waals surface area (Å²) >= 11 is 0. The van der Waals surface area contributed by atoms with Gasteiger partial charge in [0.2, 0.25) is 0 Å². The maximum atomic E-state index is 13.5. The second kappa shape index (κ2) is 14.1. The molecule has 0 aliphatic heterocycles. The van der Waals surface area contributed by atoms with Crippen molar-refractivity contribution in [1.82, 2.24) is 5.43 Å². The van der Waals surface area contributed by atoms with Crippen LogP contribution in [0.2, 0.25) is 0 Å². The fraction of sp³-hybridized carbons (Fsp3) is 0.156. The van der Waals surface area contributed by atoms with Crippen molar-refractivity contribution >= 4 is 39.4 Å². The lowest BCUT2D eigenvalue weighted by Crippen LogP contribution is -2.39. The highest BCUT2D eigenvalue weighted by Gasteiger charge is 2.27. The minimum atomic E-state index is -4.08. The van der Waals surface area contributed by atoms with Crippen LogP contribution in [-0.2, 0) is 19.6 Å². The summed E-state index contributed by atoms with van der Waals surface area (Å²) in [5.74, 6) is 0.0770. The van der Waals surface area contributed by atoms with Gasteiger partial charge in [-0.3, -0.25) is 13.9 Å². The molecule has 222 valence electrons. The summed E-state index contributed by atoms with van der Waals surface area (Å²) in [4.78, 5) is 25.0. The molecule has 0 atom stereocenters. The van der Waals surface area contributed by atoms with Crippen molar-refractivity contribution in [2.45, 2.75) is 18.7 Å². The molecule has 0 bridgehead atoms. The van der Waals surface area contributed by atoms with Gasteiger partial charge < -0.3 is 14.8 Å². The summed E-state index contributed by atoms with van der Waals surface area (Å²) in [5.41, 5.74) is 6.10. The van der Waals surface area contributed by atoms with Gasteiger partial charge in [-0.1, -0.05) is 35.4 Å². The van der Waals surface area contributed by atoms with Gasteiger partial charge in [0, 0.05) is 5.69 Å². The van der Waals surface area contributed by atoms with Crippen molar-refractivity contribution in [1.29, 1.82) is 0 Å². The fourth-order valence-corrected chi connectivity index (χ4v) is 5.30. The minimum absolute atomic E-state index is 0.0140. The highest BCUT2D eigenvalue weighted by atomic mass is 32.2. The molecule has 0 heterocycles. The summed E-state index contributed by atoms with van der Waals surface area (Å²) in [7, 11) is -2.59. The zero-order chi connectivity index (χ0) is 30.8. The molecular formula is C32H32N4O6S. The van der Waals surface area contributed by atoms with Crippen LogP contribution in [0.1, 0.15) is 16.7 Å². The van der Waals surface area contributed by atoms with Crippen molar-refractivity contribution in [2.75, 3.05) is 29.9 Å². The van der Waals surface area contributed by atoms with Gasteiger partial charge in [-0.05, 0) is 92.2 Å². The number of ether oxygens (including phenoxy) is 2. The largest absolute Gasteiger partial charge is 0.497 e. The van der Waals surface area contributed by atoms with E-state index >= 15 is 0 Å². The van der Waals surface area contributed by atoms with E-state index in [-0.39, 0.29) is 17.4 Å². The Morgan fingerprint density at radius 1 is 0.791 bits per heavy atom. The Hall–Kier alpha value is -5.16. The molecule has 0 saturated heterocycles. The summed E-state index contributed by atoms with van der Waals surface area (Å²) in [6.07, 6.45) is 1.42. The number of hydrogen-bond donors (Lipinski definition) is 2. The van der Waals surface area contributed by atoms with Gasteiger partial charge in [-0.25, -0.2) is 13.8 Å². The number of carbonyl (C=O) groups is 2. The Morgan fingerprint density at radius 3 is 1.98 bits per heavy atom. The van der Waals surface area contributed by atoms with Crippen LogP contribution < -0.4 is 24.5 Å². The first kappa shape index (κ1) is 30.8. The van der Waals surface area contributed by atoms with Crippen LogP contribution in [-0.4, -0.2) is 46.7 Å². The first-order valence-electron chi connectivity index (χ1n) is 13.3. The Labute approximate surface area is 251 Å². The number of carbonyl (C=O) groups excluding carboxylic acids is 2. The van der Waals surface area contributed by atoms with E-state index in [1.807, 2.05) is 38.1 Å². The van der Waals surface area contributed by atoms with Gasteiger partial charge >= 0.3 is 0 Å². The zero-order valence-electron chi connectivity index (χ0n) is 24.0. The molecule has 0 aliphatic rings. The zero-order valence-corrected chi connectivity index (χ0v) is 24.8. The van der Waals surface area contributed by atoms with E-state index in [0.29, 0.717) is 28.4 Å². The molecule has 0 unspecified atom stereocenters. The van der Waals surface area contributed by atoms with Crippen LogP contribution in [0.4, 0.5) is 11.4 Å². The topological polar surface area (TPSA) is 126 Å². The molecule has 2 amide bonds. The van der Waals surface area contributed by atoms with E-state index in [1.165, 1.54) is 25.5 Å². The molecule has 0 radical (unpaired) electrons. The molecule has 0 saturated carbocycles. The number of methoxy groups -OCH3 is 1. The van der Waals surface area contributed by atoms with Crippen molar-refractivity contribution in [3.63, 3.8) is 0 Å². The van der Waals surface area contributed by atoms with Gasteiger partial charge in [-0.15, -0.1) is 0 Å². The van der Waals surface area contributed by atoms with E-state index in [0.717, 1.165) is 15.4 Å². The molecule has 0 fully saturated rings. The summed E-state index contributed by atoms with van der Waals surface area (Å²) in [6.45, 7) is 3.20. The van der Waals surface area contributed by atoms with Crippen molar-refractivity contribution in [2.24, 2.45) is 5.10 Å². The third-order valence-corrected chi connectivity index (χ3v) is 8.03. The number of benzene rings is 4. The minimum Gasteiger partial charge on any atom is -0.497 e. The van der Waals surface area contributed by atoms with Crippen molar-refractivity contribution in [3.05, 3.63) is 114 Å². The number of hydrazone groups is 1. The van der Waals surface area contributed by atoms with E-state index in [9.17, 15) is 18.0 Å². The van der Waals surface area contributed by atoms with Crippen LogP contribution in [0.15, 0.2) is 107 Å². The average molecular weight is 601 g/mol. The molecule has 0 aliphatic carbocycles. The molecule has 11 heteroatoms. The Balaban J connectivity index is 1.35. The molecule has 4 aromatic rings. The number of aryl methyl sites for hydroxylation is 2. The monoisotopic (exact) mass is 600 g/mol. The van der Waals surface area contributed by atoms with Gasteiger partial charge in [0.25, 0.3) is 21.8 Å². The average Bonchev–Trinajstić information content (AvgIpc) is 3.01. The van der Waals surface area contributed by atoms with Crippen LogP contribution in [0.3, 0.4) is 0 Å². The molecule has 0 spiro atoms. The summed E-state index contributed by atoms with van der Waals surface area (Å²) in [6, 6.07) is 27.0. The number of sulfonamides is 1. The Morgan fingerprint density at radius 2 is 1.37 bits per heavy atom. The quantitative estimate of drug-likeness (QED) is 0.180. The van der Waals surface area contributed by atoms with Crippen LogP contribution in [0, 0.1) is 13.8 Å². The van der Waals surface area contributed by atoms with E-state index in [1.54, 1.807) is 60.7 Å². The summed E-state index contributed by atoms with van der Waals surface area (Å²) < 4.78 is 38.7. The van der Waals surface area contributed by atoms with Gasteiger partial charge in [-0.2, -0.15) is 5.10 Å². The number of nitrogens with zero attached hydrogens (tertiary/aromatic N) is 2. The number of anilines is 2. The van der Waals surface area contributed by atoms with Gasteiger partial charge in [0.1, 0.15) is 18.0 Å².